The normalized spacial score (nSPS) is 24.1. The molecule has 118 valence electrons. The van der Waals surface area contributed by atoms with Gasteiger partial charge in [0.1, 0.15) is 0 Å². The molecule has 0 bridgehead atoms. The molecule has 1 saturated heterocycles. The fourth-order valence-corrected chi connectivity index (χ4v) is 2.53. The van der Waals surface area contributed by atoms with Crippen molar-refractivity contribution in [2.45, 2.75) is 52.2 Å². The van der Waals surface area contributed by atoms with E-state index in [1.807, 2.05) is 13.8 Å². The number of rotatable bonds is 8. The summed E-state index contributed by atoms with van der Waals surface area (Å²) in [6.07, 6.45) is 3.44. The largest absolute Gasteiger partial charge is 0.379 e. The van der Waals surface area contributed by atoms with Gasteiger partial charge in [0.2, 0.25) is 5.91 Å². The molecule has 1 aliphatic rings. The highest BCUT2D eigenvalue weighted by atomic mass is 16.5. The fraction of sp³-hybridized carbons (Fsp3) is 0.933. The quantitative estimate of drug-likeness (QED) is 0.652. The predicted molar refractivity (Wildman–Crippen MR) is 81.5 cm³/mol. The maximum absolute atomic E-state index is 11.9. The molecule has 0 radical (unpaired) electrons. The Kier molecular flexibility index (Phi) is 8.11. The van der Waals surface area contributed by atoms with Crippen molar-refractivity contribution in [1.29, 1.82) is 0 Å². The molecule has 20 heavy (non-hydrogen) atoms. The highest BCUT2D eigenvalue weighted by Crippen LogP contribution is 2.20. The van der Waals surface area contributed by atoms with E-state index in [1.165, 1.54) is 6.42 Å². The van der Waals surface area contributed by atoms with E-state index in [2.05, 4.69) is 17.1 Å². The number of piperidine rings is 1. The summed E-state index contributed by atoms with van der Waals surface area (Å²) in [5.74, 6) is 0.650. The molecule has 0 aromatic heterocycles. The summed E-state index contributed by atoms with van der Waals surface area (Å²) in [7, 11) is 0. The minimum Gasteiger partial charge on any atom is -0.379 e. The molecule has 5 nitrogen and oxygen atoms in total. The zero-order valence-corrected chi connectivity index (χ0v) is 13.2. The summed E-state index contributed by atoms with van der Waals surface area (Å²) in [6.45, 7) is 9.77. The van der Waals surface area contributed by atoms with Crippen molar-refractivity contribution in [3.05, 3.63) is 0 Å². The van der Waals surface area contributed by atoms with Gasteiger partial charge in [-0.2, -0.15) is 0 Å². The Morgan fingerprint density at radius 2 is 2.20 bits per heavy atom. The first kappa shape index (κ1) is 17.4. The summed E-state index contributed by atoms with van der Waals surface area (Å²) in [6, 6.07) is 0.479. The van der Waals surface area contributed by atoms with Gasteiger partial charge in [0.05, 0.1) is 12.6 Å². The maximum atomic E-state index is 11.9. The first-order valence-electron chi connectivity index (χ1n) is 7.85. The molecule has 3 N–H and O–H groups in total. The van der Waals surface area contributed by atoms with Crippen molar-refractivity contribution in [3.8, 4) is 0 Å². The van der Waals surface area contributed by atoms with E-state index in [0.717, 1.165) is 25.9 Å². The van der Waals surface area contributed by atoms with Crippen LogP contribution in [0.5, 0.6) is 0 Å². The third kappa shape index (κ3) is 6.68. The Labute approximate surface area is 123 Å². The molecular formula is C15H31N3O2. The van der Waals surface area contributed by atoms with E-state index in [0.29, 0.717) is 31.7 Å². The smallest absolute Gasteiger partial charge is 0.234 e. The summed E-state index contributed by atoms with van der Waals surface area (Å²) in [4.78, 5) is 14.2. The third-order valence-corrected chi connectivity index (χ3v) is 3.88. The minimum atomic E-state index is 0.110. The van der Waals surface area contributed by atoms with Gasteiger partial charge in [-0.15, -0.1) is 0 Å². The van der Waals surface area contributed by atoms with Gasteiger partial charge in [-0.25, -0.2) is 0 Å². The lowest BCUT2D eigenvalue weighted by molar-refractivity contribution is -0.123. The molecule has 1 rings (SSSR count). The molecule has 2 unspecified atom stereocenters. The number of hydrogen-bond acceptors (Lipinski definition) is 4. The molecule has 1 amide bonds. The predicted octanol–water partition coefficient (Wildman–Crippen LogP) is 0.977. The van der Waals surface area contributed by atoms with E-state index in [1.54, 1.807) is 0 Å². The van der Waals surface area contributed by atoms with Crippen LogP contribution in [0.15, 0.2) is 0 Å². The van der Waals surface area contributed by atoms with Crippen LogP contribution < -0.4 is 11.1 Å². The Bertz CT molecular complexity index is 284. The van der Waals surface area contributed by atoms with Crippen LogP contribution in [0, 0.1) is 5.92 Å². The van der Waals surface area contributed by atoms with Gasteiger partial charge in [0, 0.05) is 25.7 Å². The highest BCUT2D eigenvalue weighted by Gasteiger charge is 2.25. The summed E-state index contributed by atoms with van der Waals surface area (Å²) in [5, 5.41) is 2.97. The molecule has 0 saturated carbocycles. The molecule has 0 aromatic carbocycles. The van der Waals surface area contributed by atoms with Crippen LogP contribution in [0.25, 0.3) is 0 Å². The van der Waals surface area contributed by atoms with Gasteiger partial charge in [0.15, 0.2) is 0 Å². The van der Waals surface area contributed by atoms with Gasteiger partial charge < -0.3 is 15.8 Å². The summed E-state index contributed by atoms with van der Waals surface area (Å²) < 4.78 is 5.44. The lowest BCUT2D eigenvalue weighted by Gasteiger charge is -2.37. The topological polar surface area (TPSA) is 67.6 Å². The molecule has 1 heterocycles. The van der Waals surface area contributed by atoms with Crippen molar-refractivity contribution in [2.75, 3.05) is 32.8 Å². The van der Waals surface area contributed by atoms with Crippen molar-refractivity contribution in [1.82, 2.24) is 10.2 Å². The molecule has 0 spiro atoms. The Morgan fingerprint density at radius 1 is 1.45 bits per heavy atom. The zero-order chi connectivity index (χ0) is 15.0. The zero-order valence-electron chi connectivity index (χ0n) is 13.2. The molecule has 2 atom stereocenters. The van der Waals surface area contributed by atoms with Crippen LogP contribution in [0.3, 0.4) is 0 Å². The van der Waals surface area contributed by atoms with Gasteiger partial charge in [-0.05, 0) is 52.5 Å². The molecule has 0 aromatic rings. The van der Waals surface area contributed by atoms with Crippen LogP contribution in [0.4, 0.5) is 0 Å². The standard InChI is InChI=1S/C15H31N3O2/c1-12(2)20-8-4-7-17-15(19)11-18-10-14(9-16)6-5-13(18)3/h12-14H,4-11,16H2,1-3H3,(H,17,19). The maximum Gasteiger partial charge on any atom is 0.234 e. The van der Waals surface area contributed by atoms with Crippen LogP contribution in [-0.2, 0) is 9.53 Å². The Morgan fingerprint density at radius 3 is 2.85 bits per heavy atom. The van der Waals surface area contributed by atoms with Gasteiger partial charge in [-0.3, -0.25) is 9.69 Å². The number of amides is 1. The van der Waals surface area contributed by atoms with E-state index in [-0.39, 0.29) is 12.0 Å². The number of ether oxygens (including phenoxy) is 1. The van der Waals surface area contributed by atoms with E-state index in [4.69, 9.17) is 10.5 Å². The number of hydrogen-bond donors (Lipinski definition) is 2. The van der Waals surface area contributed by atoms with Crippen LogP contribution in [0.1, 0.15) is 40.0 Å². The van der Waals surface area contributed by atoms with Gasteiger partial charge in [-0.1, -0.05) is 0 Å². The molecule has 1 aliphatic heterocycles. The second-order valence-electron chi connectivity index (χ2n) is 6.08. The number of carbonyl (C=O) groups excluding carboxylic acids is 1. The highest BCUT2D eigenvalue weighted by molar-refractivity contribution is 5.78. The second kappa shape index (κ2) is 9.32. The first-order chi connectivity index (χ1) is 9.52. The first-order valence-corrected chi connectivity index (χ1v) is 7.85. The average molecular weight is 285 g/mol. The van der Waals surface area contributed by atoms with Crippen LogP contribution in [0.2, 0.25) is 0 Å². The van der Waals surface area contributed by atoms with Crippen molar-refractivity contribution in [3.63, 3.8) is 0 Å². The Hall–Kier alpha value is -0.650. The van der Waals surface area contributed by atoms with E-state index < -0.39 is 0 Å². The van der Waals surface area contributed by atoms with Crippen molar-refractivity contribution < 1.29 is 9.53 Å². The van der Waals surface area contributed by atoms with Crippen molar-refractivity contribution >= 4 is 5.91 Å². The Balaban J connectivity index is 2.17. The fourth-order valence-electron chi connectivity index (χ4n) is 2.53. The SMILES string of the molecule is CC(C)OCCCNC(=O)CN1CC(CN)CCC1C. The number of likely N-dealkylation sites (tertiary alicyclic amines) is 1. The molecular weight excluding hydrogens is 254 g/mol. The second-order valence-corrected chi connectivity index (χ2v) is 6.08. The monoisotopic (exact) mass is 285 g/mol. The van der Waals surface area contributed by atoms with Crippen molar-refractivity contribution in [2.24, 2.45) is 11.7 Å². The van der Waals surface area contributed by atoms with Gasteiger partial charge in [0.25, 0.3) is 0 Å². The van der Waals surface area contributed by atoms with Gasteiger partial charge >= 0.3 is 0 Å². The molecule has 0 aliphatic carbocycles. The van der Waals surface area contributed by atoms with E-state index in [9.17, 15) is 4.79 Å². The number of carbonyl (C=O) groups is 1. The lowest BCUT2D eigenvalue weighted by atomic mass is 9.93. The minimum absolute atomic E-state index is 0.110. The third-order valence-electron chi connectivity index (χ3n) is 3.88. The van der Waals surface area contributed by atoms with Crippen LogP contribution in [-0.4, -0.2) is 55.7 Å². The lowest BCUT2D eigenvalue weighted by Crippen LogP contribution is -2.48. The van der Waals surface area contributed by atoms with E-state index >= 15 is 0 Å². The van der Waals surface area contributed by atoms with Crippen LogP contribution >= 0.6 is 0 Å². The number of nitrogens with one attached hydrogen (secondary N) is 1. The number of nitrogens with zero attached hydrogens (tertiary/aromatic N) is 1. The summed E-state index contributed by atoms with van der Waals surface area (Å²) in [5.41, 5.74) is 5.74. The summed E-state index contributed by atoms with van der Waals surface area (Å²) >= 11 is 0. The average Bonchev–Trinajstić information content (AvgIpc) is 2.40. The molecule has 5 heteroatoms. The molecule has 1 fully saturated rings. The number of nitrogens with two attached hydrogens (primary N) is 1.